The summed E-state index contributed by atoms with van der Waals surface area (Å²) in [6.45, 7) is 1.90. The number of nitrogens with two attached hydrogens (primary N) is 1. The lowest BCUT2D eigenvalue weighted by atomic mass is 10.0. The number of hydrogen-bond donors (Lipinski definition) is 2. The summed E-state index contributed by atoms with van der Waals surface area (Å²) in [5.41, 5.74) is 9.01. The van der Waals surface area contributed by atoms with Crippen molar-refractivity contribution < 1.29 is 14.7 Å². The van der Waals surface area contributed by atoms with Gasteiger partial charge in [-0.25, -0.2) is 9.78 Å². The number of hydrogen-bond acceptors (Lipinski definition) is 6. The smallest absolute Gasteiger partial charge is 0.352 e. The van der Waals surface area contributed by atoms with Gasteiger partial charge in [-0.1, -0.05) is 6.08 Å². The van der Waals surface area contributed by atoms with Gasteiger partial charge in [0.2, 0.25) is 5.91 Å². The minimum Gasteiger partial charge on any atom is -0.477 e. The van der Waals surface area contributed by atoms with E-state index in [4.69, 9.17) is 5.73 Å². The van der Waals surface area contributed by atoms with E-state index in [1.165, 1.54) is 28.0 Å². The maximum absolute atomic E-state index is 11.8. The number of allylic oxidation sites excluding steroid dienone is 1. The molecule has 1 amide bonds. The van der Waals surface area contributed by atoms with Crippen molar-refractivity contribution in [3.05, 3.63) is 33.4 Å². The molecule has 2 aliphatic rings. The fourth-order valence-electron chi connectivity index (χ4n) is 2.32. The third kappa shape index (κ3) is 2.29. The van der Waals surface area contributed by atoms with Gasteiger partial charge in [-0.15, -0.1) is 23.1 Å². The molecule has 0 spiro atoms. The van der Waals surface area contributed by atoms with Gasteiger partial charge in [0, 0.05) is 10.6 Å². The molecule has 0 bridgehead atoms. The highest BCUT2D eigenvalue weighted by atomic mass is 32.2. The Labute approximate surface area is 129 Å². The van der Waals surface area contributed by atoms with E-state index in [9.17, 15) is 14.7 Å². The highest BCUT2D eigenvalue weighted by Crippen LogP contribution is 2.39. The van der Waals surface area contributed by atoms with E-state index >= 15 is 0 Å². The van der Waals surface area contributed by atoms with Crippen molar-refractivity contribution in [3.8, 4) is 0 Å². The lowest BCUT2D eigenvalue weighted by Gasteiger charge is -2.47. The van der Waals surface area contributed by atoms with Crippen LogP contribution in [0.25, 0.3) is 6.08 Å². The van der Waals surface area contributed by atoms with Gasteiger partial charge in [-0.3, -0.25) is 9.69 Å². The molecule has 110 valence electrons. The summed E-state index contributed by atoms with van der Waals surface area (Å²) in [4.78, 5) is 29.7. The van der Waals surface area contributed by atoms with E-state index < -0.39 is 12.0 Å². The Bertz CT molecular complexity index is 680. The number of carbonyl (C=O) groups excluding carboxylic acids is 1. The van der Waals surface area contributed by atoms with Crippen LogP contribution >= 0.6 is 23.1 Å². The van der Waals surface area contributed by atoms with Crippen LogP contribution in [0.4, 0.5) is 0 Å². The Morgan fingerprint density at radius 3 is 2.95 bits per heavy atom. The number of nitrogens with zero attached hydrogens (tertiary/aromatic N) is 2. The molecular weight excluding hydrogens is 310 g/mol. The predicted octanol–water partition coefficient (Wildman–Crippen LogP) is 1.05. The molecule has 0 aliphatic carbocycles. The summed E-state index contributed by atoms with van der Waals surface area (Å²) >= 11 is 2.98. The summed E-state index contributed by atoms with van der Waals surface area (Å²) in [5, 5.41) is 9.14. The van der Waals surface area contributed by atoms with E-state index in [0.717, 1.165) is 10.6 Å². The molecule has 6 nitrogen and oxygen atoms in total. The quantitative estimate of drug-likeness (QED) is 0.807. The first kappa shape index (κ1) is 14.3. The van der Waals surface area contributed by atoms with Crippen molar-refractivity contribution in [1.29, 1.82) is 0 Å². The SMILES string of the molecule is Cc1ncsc1/C=C/C1=C(C(=O)O)N2C(=O)C(N)C2SC1. The van der Waals surface area contributed by atoms with Gasteiger partial charge in [0.25, 0.3) is 0 Å². The number of aromatic nitrogens is 1. The Morgan fingerprint density at radius 2 is 2.33 bits per heavy atom. The number of aliphatic carboxylic acids is 1. The standard InChI is InChI=1S/C13H13N3O3S2/c1-6-8(21-5-15-6)3-2-7-4-20-12-9(14)11(17)16(12)10(7)13(18)19/h2-3,5,9,12H,4,14H2,1H3,(H,18,19)/b3-2+. The Morgan fingerprint density at radius 1 is 1.57 bits per heavy atom. The molecule has 0 saturated carbocycles. The van der Waals surface area contributed by atoms with Crippen LogP contribution in [0.1, 0.15) is 10.6 Å². The molecule has 3 heterocycles. The van der Waals surface area contributed by atoms with Gasteiger partial charge in [0.05, 0.1) is 11.2 Å². The van der Waals surface area contributed by atoms with Gasteiger partial charge >= 0.3 is 5.97 Å². The molecular formula is C13H13N3O3S2. The number of carboxylic acids is 1. The third-order valence-corrected chi connectivity index (χ3v) is 5.68. The molecule has 1 fully saturated rings. The van der Waals surface area contributed by atoms with E-state index in [1.54, 1.807) is 11.6 Å². The zero-order chi connectivity index (χ0) is 15.1. The summed E-state index contributed by atoms with van der Waals surface area (Å²) < 4.78 is 0. The van der Waals surface area contributed by atoms with Crippen LogP contribution < -0.4 is 5.73 Å². The predicted molar refractivity (Wildman–Crippen MR) is 81.6 cm³/mol. The van der Waals surface area contributed by atoms with Crippen LogP contribution in [-0.4, -0.2) is 44.0 Å². The Hall–Kier alpha value is -1.64. The second-order valence-corrected chi connectivity index (χ2v) is 6.74. The summed E-state index contributed by atoms with van der Waals surface area (Å²) in [5.74, 6) is -0.899. The minimum absolute atomic E-state index is 0.0452. The number of fused-ring (bicyclic) bond motifs is 1. The summed E-state index contributed by atoms with van der Waals surface area (Å²) in [7, 11) is 0. The van der Waals surface area contributed by atoms with E-state index in [-0.39, 0.29) is 17.0 Å². The number of aryl methyl sites for hydroxylation is 1. The van der Waals surface area contributed by atoms with Crippen molar-refractivity contribution in [1.82, 2.24) is 9.88 Å². The molecule has 1 aromatic heterocycles. The van der Waals surface area contributed by atoms with Crippen molar-refractivity contribution in [2.75, 3.05) is 5.75 Å². The second-order valence-electron chi connectivity index (χ2n) is 4.75. The maximum atomic E-state index is 11.8. The normalized spacial score (nSPS) is 25.2. The molecule has 0 radical (unpaired) electrons. The highest BCUT2D eigenvalue weighted by Gasteiger charge is 2.51. The number of carbonyl (C=O) groups is 2. The average Bonchev–Trinajstić information content (AvgIpc) is 2.88. The molecule has 3 N–H and O–H groups in total. The molecule has 21 heavy (non-hydrogen) atoms. The number of thioether (sulfide) groups is 1. The fourth-order valence-corrected chi connectivity index (χ4v) is 4.27. The number of rotatable bonds is 3. The molecule has 8 heteroatoms. The molecule has 1 aromatic rings. The number of thiazole rings is 1. The molecule has 0 aromatic carbocycles. The van der Waals surface area contributed by atoms with Crippen LogP contribution in [0.5, 0.6) is 0 Å². The number of carboxylic acid groups (broad SMARTS) is 1. The van der Waals surface area contributed by atoms with Gasteiger partial charge in [0.1, 0.15) is 17.1 Å². The van der Waals surface area contributed by atoms with E-state index in [2.05, 4.69) is 4.98 Å². The van der Waals surface area contributed by atoms with Crippen LogP contribution in [-0.2, 0) is 9.59 Å². The topological polar surface area (TPSA) is 96.5 Å². The lowest BCUT2D eigenvalue weighted by molar-refractivity contribution is -0.147. The molecule has 2 atom stereocenters. The van der Waals surface area contributed by atoms with Gasteiger partial charge in [-0.2, -0.15) is 0 Å². The first-order valence-electron chi connectivity index (χ1n) is 6.25. The molecule has 2 aliphatic heterocycles. The summed E-state index contributed by atoms with van der Waals surface area (Å²) in [6.07, 6.45) is 3.60. The van der Waals surface area contributed by atoms with Crippen molar-refractivity contribution >= 4 is 41.1 Å². The van der Waals surface area contributed by atoms with Crippen LogP contribution in [0.2, 0.25) is 0 Å². The second kappa shape index (κ2) is 5.28. The van der Waals surface area contributed by atoms with Crippen molar-refractivity contribution in [2.45, 2.75) is 18.3 Å². The first-order chi connectivity index (χ1) is 10.0. The third-order valence-electron chi connectivity index (χ3n) is 3.46. The van der Waals surface area contributed by atoms with Crippen molar-refractivity contribution in [3.63, 3.8) is 0 Å². The number of amides is 1. The molecule has 1 saturated heterocycles. The zero-order valence-corrected chi connectivity index (χ0v) is 12.8. The number of β-lactam (4-membered cyclic amide) rings is 1. The Kier molecular flexibility index (Phi) is 3.60. The maximum Gasteiger partial charge on any atom is 0.352 e. The van der Waals surface area contributed by atoms with Crippen LogP contribution in [0, 0.1) is 6.92 Å². The monoisotopic (exact) mass is 323 g/mol. The van der Waals surface area contributed by atoms with Crippen LogP contribution in [0.15, 0.2) is 22.9 Å². The van der Waals surface area contributed by atoms with Crippen LogP contribution in [0.3, 0.4) is 0 Å². The minimum atomic E-state index is -1.10. The first-order valence-corrected chi connectivity index (χ1v) is 8.18. The average molecular weight is 323 g/mol. The molecule has 2 unspecified atom stereocenters. The summed E-state index contributed by atoms with van der Waals surface area (Å²) in [6, 6.07) is -0.598. The Balaban J connectivity index is 1.95. The fraction of sp³-hybridized carbons (Fsp3) is 0.308. The van der Waals surface area contributed by atoms with Gasteiger partial charge in [0.15, 0.2) is 0 Å². The van der Waals surface area contributed by atoms with E-state index in [1.807, 2.05) is 13.0 Å². The largest absolute Gasteiger partial charge is 0.477 e. The zero-order valence-electron chi connectivity index (χ0n) is 11.1. The van der Waals surface area contributed by atoms with Gasteiger partial charge < -0.3 is 10.8 Å². The van der Waals surface area contributed by atoms with Gasteiger partial charge in [-0.05, 0) is 18.6 Å². The van der Waals surface area contributed by atoms with E-state index in [0.29, 0.717) is 11.3 Å². The molecule has 3 rings (SSSR count). The highest BCUT2D eigenvalue weighted by molar-refractivity contribution is 8.00. The lowest BCUT2D eigenvalue weighted by Crippen LogP contribution is -2.68. The van der Waals surface area contributed by atoms with Crippen molar-refractivity contribution in [2.24, 2.45) is 5.73 Å².